The zero-order valence-electron chi connectivity index (χ0n) is 18.6. The van der Waals surface area contributed by atoms with Crippen LogP contribution in [-0.2, 0) is 5.54 Å². The summed E-state index contributed by atoms with van der Waals surface area (Å²) in [5.41, 5.74) is 6.30. The molecular weight excluding hydrogens is 456 g/mol. The molecule has 10 heteroatoms. The fraction of sp³-hybridized carbons (Fsp3) is 0.455. The van der Waals surface area contributed by atoms with Gasteiger partial charge in [-0.1, -0.05) is 23.2 Å². The molecule has 2 aromatic rings. The lowest BCUT2D eigenvalue weighted by Gasteiger charge is -2.36. The number of pyridine rings is 1. The predicted molar refractivity (Wildman–Crippen MR) is 125 cm³/mol. The number of hydrogen-bond donors (Lipinski definition) is 2. The Morgan fingerprint density at radius 2 is 1.94 bits per heavy atom. The molecule has 2 heterocycles. The topological polar surface area (TPSA) is 83.7 Å². The number of halogens is 3. The van der Waals surface area contributed by atoms with E-state index in [4.69, 9.17) is 33.7 Å². The number of nitrogens with one attached hydrogen (secondary N) is 1. The number of rotatable bonds is 5. The predicted octanol–water partition coefficient (Wildman–Crippen LogP) is 4.44. The van der Waals surface area contributed by atoms with E-state index in [1.807, 2.05) is 20.9 Å². The lowest BCUT2D eigenvalue weighted by Crippen LogP contribution is -2.54. The Hall–Kier alpha value is -2.29. The normalized spacial score (nSPS) is 16.0. The van der Waals surface area contributed by atoms with E-state index in [0.717, 1.165) is 13.1 Å². The summed E-state index contributed by atoms with van der Waals surface area (Å²) in [6.45, 7) is 8.44. The molecule has 1 aromatic carbocycles. The third-order valence-electron chi connectivity index (χ3n) is 5.60. The number of likely N-dealkylation sites (N-methyl/N-ethyl adjacent to an activating group) is 1. The number of nitrogens with two attached hydrogens (primary N) is 1. The molecule has 174 valence electrons. The van der Waals surface area contributed by atoms with Gasteiger partial charge in [0.15, 0.2) is 11.6 Å². The van der Waals surface area contributed by atoms with Crippen molar-refractivity contribution < 1.29 is 13.9 Å². The van der Waals surface area contributed by atoms with Gasteiger partial charge in [0.05, 0.1) is 10.6 Å². The summed E-state index contributed by atoms with van der Waals surface area (Å²) in [5.74, 6) is -0.145. The minimum atomic E-state index is -0.739. The number of benzene rings is 1. The van der Waals surface area contributed by atoms with Crippen LogP contribution in [-0.4, -0.2) is 54.0 Å². The van der Waals surface area contributed by atoms with E-state index in [0.29, 0.717) is 24.2 Å². The molecule has 0 spiro atoms. The average molecular weight is 484 g/mol. The Bertz CT molecular complexity index is 997. The number of amides is 2. The van der Waals surface area contributed by atoms with Crippen molar-refractivity contribution in [3.8, 4) is 5.75 Å². The Morgan fingerprint density at radius 3 is 2.59 bits per heavy atom. The fourth-order valence-electron chi connectivity index (χ4n) is 3.48. The molecule has 1 fully saturated rings. The number of aromatic nitrogens is 1. The highest BCUT2D eigenvalue weighted by Crippen LogP contribution is 2.36. The average Bonchev–Trinajstić information content (AvgIpc) is 2.72. The Morgan fingerprint density at radius 1 is 1.28 bits per heavy atom. The third-order valence-corrected chi connectivity index (χ3v) is 6.32. The van der Waals surface area contributed by atoms with Crippen LogP contribution in [0.25, 0.3) is 0 Å². The van der Waals surface area contributed by atoms with Gasteiger partial charge in [-0.15, -0.1) is 0 Å². The number of carbonyl (C=O) groups excluding carboxylic acids is 1. The monoisotopic (exact) mass is 483 g/mol. The second-order valence-corrected chi connectivity index (χ2v) is 9.25. The molecule has 1 aliphatic heterocycles. The van der Waals surface area contributed by atoms with Gasteiger partial charge < -0.3 is 25.6 Å². The van der Waals surface area contributed by atoms with Crippen LogP contribution < -0.4 is 15.8 Å². The maximum absolute atomic E-state index is 13.9. The maximum atomic E-state index is 13.9. The van der Waals surface area contributed by atoms with Crippen molar-refractivity contribution in [1.82, 2.24) is 20.1 Å². The smallest absolute Gasteiger partial charge is 0.318 e. The van der Waals surface area contributed by atoms with Crippen molar-refractivity contribution >= 4 is 35.1 Å². The zero-order chi connectivity index (χ0) is 23.6. The van der Waals surface area contributed by atoms with Crippen molar-refractivity contribution in [2.75, 3.05) is 39.0 Å². The van der Waals surface area contributed by atoms with Crippen molar-refractivity contribution in [2.24, 2.45) is 0 Å². The van der Waals surface area contributed by atoms with E-state index in [2.05, 4.69) is 15.2 Å². The standard InChI is InChI=1S/C22H28Cl2FN5O2/c1-13(18-15(23)5-6-16(25)19(18)24)32-17-11-14(12-27-20(17)26)22(2,3)28-21(31)30-9-7-29(4)8-10-30/h5-6,11-13H,7-10H2,1-4H3,(H2,26,27)(H,28,31). The van der Waals surface area contributed by atoms with Crippen LogP contribution in [0.3, 0.4) is 0 Å². The number of anilines is 1. The van der Waals surface area contributed by atoms with Gasteiger partial charge in [-0.2, -0.15) is 0 Å². The van der Waals surface area contributed by atoms with Crippen LogP contribution in [0.2, 0.25) is 10.0 Å². The second-order valence-electron chi connectivity index (χ2n) is 8.47. The largest absolute Gasteiger partial charge is 0.482 e. The molecule has 1 atom stereocenters. The molecule has 0 aliphatic carbocycles. The van der Waals surface area contributed by atoms with Gasteiger partial charge in [0.1, 0.15) is 11.9 Å². The van der Waals surface area contributed by atoms with Crippen LogP contribution in [0.4, 0.5) is 15.0 Å². The van der Waals surface area contributed by atoms with E-state index in [-0.39, 0.29) is 27.6 Å². The lowest BCUT2D eigenvalue weighted by molar-refractivity contribution is 0.147. The van der Waals surface area contributed by atoms with Crippen LogP contribution >= 0.6 is 23.2 Å². The first-order valence-corrected chi connectivity index (χ1v) is 11.1. The zero-order valence-corrected chi connectivity index (χ0v) is 20.1. The van der Waals surface area contributed by atoms with E-state index in [1.54, 1.807) is 24.1 Å². The molecular formula is C22H28Cl2FN5O2. The first-order valence-electron chi connectivity index (χ1n) is 10.3. The first kappa shape index (κ1) is 24.4. The summed E-state index contributed by atoms with van der Waals surface area (Å²) in [6, 6.07) is 4.19. The minimum Gasteiger partial charge on any atom is -0.482 e. The van der Waals surface area contributed by atoms with Crippen LogP contribution in [0.15, 0.2) is 24.4 Å². The van der Waals surface area contributed by atoms with Crippen molar-refractivity contribution in [2.45, 2.75) is 32.4 Å². The van der Waals surface area contributed by atoms with E-state index in [1.165, 1.54) is 12.1 Å². The van der Waals surface area contributed by atoms with Gasteiger partial charge in [0, 0.05) is 43.0 Å². The SMILES string of the molecule is CC(Oc1cc(C(C)(C)NC(=O)N2CCN(C)CC2)cnc1N)c1c(Cl)ccc(F)c1Cl. The molecule has 3 N–H and O–H groups in total. The number of piperazine rings is 1. The number of urea groups is 1. The highest BCUT2D eigenvalue weighted by molar-refractivity contribution is 6.36. The molecule has 1 saturated heterocycles. The van der Waals surface area contributed by atoms with Gasteiger partial charge in [-0.3, -0.25) is 0 Å². The number of carbonyl (C=O) groups is 1. The van der Waals surface area contributed by atoms with Gasteiger partial charge in [-0.05, 0) is 51.6 Å². The molecule has 7 nitrogen and oxygen atoms in total. The van der Waals surface area contributed by atoms with E-state index in [9.17, 15) is 9.18 Å². The fourth-order valence-corrected chi connectivity index (χ4v) is 4.16. The molecule has 3 rings (SSSR count). The minimum absolute atomic E-state index is 0.104. The first-order chi connectivity index (χ1) is 15.0. The van der Waals surface area contributed by atoms with Crippen LogP contribution in [0, 0.1) is 5.82 Å². The number of nitrogens with zero attached hydrogens (tertiary/aromatic N) is 3. The molecule has 32 heavy (non-hydrogen) atoms. The molecule has 1 aliphatic rings. The Kier molecular flexibility index (Phi) is 7.37. The van der Waals surface area contributed by atoms with Crippen molar-refractivity contribution in [3.05, 3.63) is 51.4 Å². The Balaban J connectivity index is 1.79. The summed E-state index contributed by atoms with van der Waals surface area (Å²) >= 11 is 12.3. The number of nitrogen functional groups attached to an aromatic ring is 1. The summed E-state index contributed by atoms with van der Waals surface area (Å²) in [5, 5.41) is 3.23. The lowest BCUT2D eigenvalue weighted by atomic mass is 9.96. The summed E-state index contributed by atoms with van der Waals surface area (Å²) in [7, 11) is 2.03. The van der Waals surface area contributed by atoms with Gasteiger partial charge in [0.25, 0.3) is 0 Å². The Labute approximate surface area is 197 Å². The van der Waals surface area contributed by atoms with Crippen molar-refractivity contribution in [3.63, 3.8) is 0 Å². The van der Waals surface area contributed by atoms with Crippen LogP contribution in [0.5, 0.6) is 5.75 Å². The molecule has 0 radical (unpaired) electrons. The van der Waals surface area contributed by atoms with Gasteiger partial charge in [-0.25, -0.2) is 14.2 Å². The summed E-state index contributed by atoms with van der Waals surface area (Å²) < 4.78 is 19.9. The third kappa shape index (κ3) is 5.36. The molecule has 1 unspecified atom stereocenters. The van der Waals surface area contributed by atoms with E-state index < -0.39 is 17.5 Å². The molecule has 0 saturated carbocycles. The summed E-state index contributed by atoms with van der Waals surface area (Å²) in [4.78, 5) is 21.0. The molecule has 0 bridgehead atoms. The van der Waals surface area contributed by atoms with E-state index >= 15 is 0 Å². The van der Waals surface area contributed by atoms with Gasteiger partial charge >= 0.3 is 6.03 Å². The quantitative estimate of drug-likeness (QED) is 0.614. The molecule has 2 amide bonds. The highest BCUT2D eigenvalue weighted by Gasteiger charge is 2.29. The number of ether oxygens (including phenoxy) is 1. The van der Waals surface area contributed by atoms with Crippen molar-refractivity contribution in [1.29, 1.82) is 0 Å². The van der Waals surface area contributed by atoms with Gasteiger partial charge in [0.2, 0.25) is 0 Å². The maximum Gasteiger partial charge on any atom is 0.318 e. The number of hydrogen-bond acceptors (Lipinski definition) is 5. The highest BCUT2D eigenvalue weighted by atomic mass is 35.5. The molecule has 1 aromatic heterocycles. The second kappa shape index (κ2) is 9.68. The van der Waals surface area contributed by atoms with Crippen LogP contribution in [0.1, 0.15) is 38.0 Å². The summed E-state index contributed by atoms with van der Waals surface area (Å²) in [6.07, 6.45) is 0.910.